The summed E-state index contributed by atoms with van der Waals surface area (Å²) in [5.74, 6) is 0.0714. The Bertz CT molecular complexity index is 553. The van der Waals surface area contributed by atoms with Crippen LogP contribution in [0.3, 0.4) is 0 Å². The first kappa shape index (κ1) is 15.5. The quantitative estimate of drug-likeness (QED) is 0.607. The van der Waals surface area contributed by atoms with E-state index in [0.29, 0.717) is 12.1 Å². The molecule has 0 aliphatic carbocycles. The Balaban J connectivity index is 2.85. The minimum atomic E-state index is -3.06. The molecule has 0 bridgehead atoms. The van der Waals surface area contributed by atoms with Gasteiger partial charge in [0, 0.05) is 24.8 Å². The zero-order valence-electron chi connectivity index (χ0n) is 11.6. The Hall–Kier alpha value is -1.56. The van der Waals surface area contributed by atoms with E-state index in [-0.39, 0.29) is 16.8 Å². The third kappa shape index (κ3) is 3.96. The summed E-state index contributed by atoms with van der Waals surface area (Å²) in [7, 11) is -1.26. The molecule has 0 heterocycles. The van der Waals surface area contributed by atoms with E-state index in [1.54, 1.807) is 33.0 Å². The van der Waals surface area contributed by atoms with E-state index in [1.165, 1.54) is 0 Å². The highest BCUT2D eigenvalue weighted by Gasteiger charge is 2.17. The molecule has 0 radical (unpaired) electrons. The standard InChI is InChI=1S/C13H21N3O2S/c1-10(2)19(17,18)9-8-16(3)12-7-5-4-6-11(12)13(14)15/h4-7,10H,8-9H2,1-3H3,(H3,14,15). The minimum absolute atomic E-state index is 0.0193. The fraction of sp³-hybridized carbons (Fsp3) is 0.462. The molecule has 1 aromatic carbocycles. The molecule has 3 N–H and O–H groups in total. The second kappa shape index (κ2) is 6.06. The number of nitrogens with two attached hydrogens (primary N) is 1. The van der Waals surface area contributed by atoms with Crippen molar-refractivity contribution in [1.29, 1.82) is 5.41 Å². The topological polar surface area (TPSA) is 87.2 Å². The lowest BCUT2D eigenvalue weighted by Gasteiger charge is -2.22. The summed E-state index contributed by atoms with van der Waals surface area (Å²) < 4.78 is 23.6. The number of nitrogens with zero attached hydrogens (tertiary/aromatic N) is 1. The van der Waals surface area contributed by atoms with Crippen LogP contribution in [0.5, 0.6) is 0 Å². The molecule has 0 aliphatic rings. The van der Waals surface area contributed by atoms with Crippen LogP contribution in [0.1, 0.15) is 19.4 Å². The third-order valence-corrected chi connectivity index (χ3v) is 5.22. The lowest BCUT2D eigenvalue weighted by molar-refractivity contribution is 0.586. The van der Waals surface area contributed by atoms with Crippen molar-refractivity contribution in [2.75, 3.05) is 24.2 Å². The smallest absolute Gasteiger partial charge is 0.154 e. The maximum atomic E-state index is 11.8. The van der Waals surface area contributed by atoms with Gasteiger partial charge in [-0.25, -0.2) is 8.42 Å². The van der Waals surface area contributed by atoms with Crippen molar-refractivity contribution < 1.29 is 8.42 Å². The van der Waals surface area contributed by atoms with Gasteiger partial charge in [0.1, 0.15) is 5.84 Å². The Morgan fingerprint density at radius 1 is 1.37 bits per heavy atom. The summed E-state index contributed by atoms with van der Waals surface area (Å²) in [5, 5.41) is 7.15. The number of hydrogen-bond donors (Lipinski definition) is 2. The number of nitrogen functional groups attached to an aromatic ring is 1. The lowest BCUT2D eigenvalue weighted by Crippen LogP contribution is -2.30. The van der Waals surface area contributed by atoms with E-state index in [4.69, 9.17) is 11.1 Å². The number of para-hydroxylation sites is 1. The highest BCUT2D eigenvalue weighted by atomic mass is 32.2. The van der Waals surface area contributed by atoms with Crippen molar-refractivity contribution in [3.05, 3.63) is 29.8 Å². The molecule has 0 fully saturated rings. The number of amidine groups is 1. The summed E-state index contributed by atoms with van der Waals surface area (Å²) in [6.07, 6.45) is 0. The molecule has 106 valence electrons. The van der Waals surface area contributed by atoms with Crippen molar-refractivity contribution >= 4 is 21.4 Å². The molecule has 1 aromatic rings. The van der Waals surface area contributed by atoms with Crippen LogP contribution < -0.4 is 10.6 Å². The number of sulfone groups is 1. The molecule has 19 heavy (non-hydrogen) atoms. The largest absolute Gasteiger partial charge is 0.384 e. The Morgan fingerprint density at radius 3 is 2.47 bits per heavy atom. The first-order valence-electron chi connectivity index (χ1n) is 6.12. The van der Waals surface area contributed by atoms with Gasteiger partial charge in [0.2, 0.25) is 0 Å². The molecule has 0 aliphatic heterocycles. The Morgan fingerprint density at radius 2 is 1.95 bits per heavy atom. The molecule has 0 spiro atoms. The maximum Gasteiger partial charge on any atom is 0.154 e. The second-order valence-electron chi connectivity index (χ2n) is 4.77. The van der Waals surface area contributed by atoms with Gasteiger partial charge in [-0.2, -0.15) is 0 Å². The Kier molecular flexibility index (Phi) is 4.94. The minimum Gasteiger partial charge on any atom is -0.384 e. The fourth-order valence-corrected chi connectivity index (χ4v) is 2.65. The SMILES string of the molecule is CC(C)S(=O)(=O)CCN(C)c1ccccc1C(=N)N. The van der Waals surface area contributed by atoms with E-state index in [2.05, 4.69) is 0 Å². The van der Waals surface area contributed by atoms with E-state index in [0.717, 1.165) is 5.69 Å². The van der Waals surface area contributed by atoms with Crippen molar-refractivity contribution in [3.8, 4) is 0 Å². The lowest BCUT2D eigenvalue weighted by atomic mass is 10.1. The van der Waals surface area contributed by atoms with Gasteiger partial charge in [0.05, 0.1) is 11.0 Å². The first-order chi connectivity index (χ1) is 8.75. The van der Waals surface area contributed by atoms with E-state index < -0.39 is 9.84 Å². The van der Waals surface area contributed by atoms with Gasteiger partial charge in [-0.05, 0) is 26.0 Å². The maximum absolute atomic E-state index is 11.8. The van der Waals surface area contributed by atoms with Gasteiger partial charge < -0.3 is 10.6 Å². The van der Waals surface area contributed by atoms with Crippen molar-refractivity contribution in [2.45, 2.75) is 19.1 Å². The van der Waals surface area contributed by atoms with Gasteiger partial charge in [0.15, 0.2) is 9.84 Å². The molecule has 0 saturated carbocycles. The summed E-state index contributed by atoms with van der Waals surface area (Å²) in [5.41, 5.74) is 6.91. The van der Waals surface area contributed by atoms with Gasteiger partial charge in [-0.1, -0.05) is 12.1 Å². The van der Waals surface area contributed by atoms with Crippen LogP contribution in [0.25, 0.3) is 0 Å². The van der Waals surface area contributed by atoms with Crippen molar-refractivity contribution in [3.63, 3.8) is 0 Å². The van der Waals surface area contributed by atoms with Gasteiger partial charge in [-0.3, -0.25) is 5.41 Å². The predicted octanol–water partition coefficient (Wildman–Crippen LogP) is 1.23. The van der Waals surface area contributed by atoms with E-state index >= 15 is 0 Å². The molecule has 0 amide bonds. The molecule has 5 nitrogen and oxygen atoms in total. The summed E-state index contributed by atoms with van der Waals surface area (Å²) >= 11 is 0. The summed E-state index contributed by atoms with van der Waals surface area (Å²) in [6, 6.07) is 7.23. The number of rotatable bonds is 6. The van der Waals surface area contributed by atoms with E-state index in [1.807, 2.05) is 17.0 Å². The first-order valence-corrected chi connectivity index (χ1v) is 7.83. The summed E-state index contributed by atoms with van der Waals surface area (Å²) in [4.78, 5) is 1.82. The predicted molar refractivity (Wildman–Crippen MR) is 79.7 cm³/mol. The molecule has 0 unspecified atom stereocenters. The van der Waals surface area contributed by atoms with E-state index in [9.17, 15) is 8.42 Å². The average molecular weight is 283 g/mol. The van der Waals surface area contributed by atoms with Crippen LogP contribution in [0.4, 0.5) is 5.69 Å². The van der Waals surface area contributed by atoms with Crippen LogP contribution in [0, 0.1) is 5.41 Å². The van der Waals surface area contributed by atoms with Crippen LogP contribution in [-0.2, 0) is 9.84 Å². The van der Waals surface area contributed by atoms with Crippen molar-refractivity contribution in [2.24, 2.45) is 5.73 Å². The third-order valence-electron chi connectivity index (χ3n) is 3.03. The molecular formula is C13H21N3O2S. The molecular weight excluding hydrogens is 262 g/mol. The van der Waals surface area contributed by atoms with Crippen LogP contribution >= 0.6 is 0 Å². The zero-order chi connectivity index (χ0) is 14.6. The number of nitrogens with one attached hydrogen (secondary N) is 1. The molecule has 6 heteroatoms. The molecule has 0 aromatic heterocycles. The number of anilines is 1. The summed E-state index contributed by atoms with van der Waals surface area (Å²) in [6.45, 7) is 3.74. The highest BCUT2D eigenvalue weighted by Crippen LogP contribution is 2.18. The van der Waals surface area contributed by atoms with Crippen LogP contribution in [0.2, 0.25) is 0 Å². The van der Waals surface area contributed by atoms with Crippen LogP contribution in [-0.4, -0.2) is 38.8 Å². The highest BCUT2D eigenvalue weighted by molar-refractivity contribution is 7.92. The van der Waals surface area contributed by atoms with Gasteiger partial charge >= 0.3 is 0 Å². The number of hydrogen-bond acceptors (Lipinski definition) is 4. The van der Waals surface area contributed by atoms with Crippen LogP contribution in [0.15, 0.2) is 24.3 Å². The van der Waals surface area contributed by atoms with Gasteiger partial charge in [0.25, 0.3) is 0 Å². The zero-order valence-corrected chi connectivity index (χ0v) is 12.4. The fourth-order valence-electron chi connectivity index (χ4n) is 1.65. The Labute approximate surface area is 114 Å². The normalized spacial score (nSPS) is 11.6. The van der Waals surface area contributed by atoms with Gasteiger partial charge in [-0.15, -0.1) is 0 Å². The number of benzene rings is 1. The second-order valence-corrected chi connectivity index (χ2v) is 7.44. The van der Waals surface area contributed by atoms with Crippen molar-refractivity contribution in [1.82, 2.24) is 0 Å². The molecule has 0 atom stereocenters. The monoisotopic (exact) mass is 283 g/mol. The molecule has 0 saturated heterocycles. The molecule has 1 rings (SSSR count). The average Bonchev–Trinajstić information content (AvgIpc) is 2.35.